The summed E-state index contributed by atoms with van der Waals surface area (Å²) in [5.41, 5.74) is -1.40. The van der Waals surface area contributed by atoms with Crippen LogP contribution < -0.4 is 10.2 Å². The molecule has 142 valence electrons. The van der Waals surface area contributed by atoms with E-state index in [0.29, 0.717) is 13.1 Å². The summed E-state index contributed by atoms with van der Waals surface area (Å²) >= 11 is 0. The van der Waals surface area contributed by atoms with Crippen LogP contribution >= 0.6 is 0 Å². The molecule has 2 aromatic carbocycles. The van der Waals surface area contributed by atoms with Crippen LogP contribution in [0.3, 0.4) is 0 Å². The molecule has 1 aliphatic heterocycles. The first-order chi connectivity index (χ1) is 12.8. The van der Waals surface area contributed by atoms with E-state index in [1.54, 1.807) is 4.90 Å². The van der Waals surface area contributed by atoms with Gasteiger partial charge in [0.15, 0.2) is 11.6 Å². The summed E-state index contributed by atoms with van der Waals surface area (Å²) in [7, 11) is 0. The maximum absolute atomic E-state index is 14.3. The summed E-state index contributed by atoms with van der Waals surface area (Å²) in [5.74, 6) is -3.48. The average Bonchev–Trinajstić information content (AvgIpc) is 3.10. The highest BCUT2D eigenvalue weighted by molar-refractivity contribution is 6.04. The highest BCUT2D eigenvalue weighted by atomic mass is 19.1. The predicted molar refractivity (Wildman–Crippen MR) is 93.5 cm³/mol. The van der Waals surface area contributed by atoms with Crippen LogP contribution in [0.2, 0.25) is 0 Å². The first-order valence-corrected chi connectivity index (χ1v) is 8.28. The van der Waals surface area contributed by atoms with Crippen molar-refractivity contribution in [1.82, 2.24) is 0 Å². The first kappa shape index (κ1) is 18.7. The topological polar surface area (TPSA) is 75.5 Å². The molecule has 1 fully saturated rings. The van der Waals surface area contributed by atoms with E-state index in [2.05, 4.69) is 5.32 Å². The Morgan fingerprint density at radius 1 is 1.07 bits per heavy atom. The van der Waals surface area contributed by atoms with Gasteiger partial charge in [0.25, 0.3) is 11.6 Å². The molecule has 1 aliphatic rings. The van der Waals surface area contributed by atoms with Crippen LogP contribution in [0.1, 0.15) is 28.8 Å². The van der Waals surface area contributed by atoms with Gasteiger partial charge in [-0.25, -0.2) is 13.2 Å². The molecule has 1 N–H and O–H groups in total. The number of nitrogens with one attached hydrogen (secondary N) is 1. The normalized spacial score (nSPS) is 13.7. The van der Waals surface area contributed by atoms with Gasteiger partial charge in [0.2, 0.25) is 0 Å². The van der Waals surface area contributed by atoms with Gasteiger partial charge in [0, 0.05) is 30.4 Å². The van der Waals surface area contributed by atoms with Crippen molar-refractivity contribution in [2.75, 3.05) is 23.3 Å². The van der Waals surface area contributed by atoms with E-state index in [9.17, 15) is 28.1 Å². The first-order valence-electron chi connectivity index (χ1n) is 8.28. The summed E-state index contributed by atoms with van der Waals surface area (Å²) < 4.78 is 42.5. The van der Waals surface area contributed by atoms with Gasteiger partial charge in [-0.2, -0.15) is 0 Å². The van der Waals surface area contributed by atoms with Crippen LogP contribution in [0.4, 0.5) is 30.2 Å². The van der Waals surface area contributed by atoms with Crippen molar-refractivity contribution in [2.24, 2.45) is 0 Å². The molecule has 2 aromatic rings. The number of amides is 1. The van der Waals surface area contributed by atoms with E-state index in [1.165, 1.54) is 6.92 Å². The van der Waals surface area contributed by atoms with Crippen molar-refractivity contribution in [3.05, 3.63) is 63.0 Å². The van der Waals surface area contributed by atoms with Gasteiger partial charge in [-0.05, 0) is 38.0 Å². The van der Waals surface area contributed by atoms with Crippen molar-refractivity contribution in [3.63, 3.8) is 0 Å². The molecule has 0 saturated carbocycles. The second-order valence-corrected chi connectivity index (χ2v) is 6.30. The van der Waals surface area contributed by atoms with E-state index in [1.807, 2.05) is 0 Å². The second-order valence-electron chi connectivity index (χ2n) is 6.30. The summed E-state index contributed by atoms with van der Waals surface area (Å²) in [6.07, 6.45) is 1.68. The predicted octanol–water partition coefficient (Wildman–Crippen LogP) is 4.17. The van der Waals surface area contributed by atoms with E-state index < -0.39 is 34.0 Å². The fourth-order valence-corrected chi connectivity index (χ4v) is 3.07. The van der Waals surface area contributed by atoms with E-state index in [0.717, 1.165) is 37.1 Å². The monoisotopic (exact) mass is 379 g/mol. The van der Waals surface area contributed by atoms with Gasteiger partial charge in [-0.3, -0.25) is 14.9 Å². The average molecular weight is 379 g/mol. The van der Waals surface area contributed by atoms with Gasteiger partial charge in [-0.15, -0.1) is 0 Å². The number of carbonyl (C=O) groups excluding carboxylic acids is 1. The molecule has 1 heterocycles. The summed E-state index contributed by atoms with van der Waals surface area (Å²) in [4.78, 5) is 24.0. The molecule has 1 saturated heterocycles. The zero-order chi connectivity index (χ0) is 19.7. The minimum Gasteiger partial charge on any atom is -0.367 e. The maximum atomic E-state index is 14.3. The number of carbonyl (C=O) groups is 1. The molecule has 9 heteroatoms. The van der Waals surface area contributed by atoms with Crippen molar-refractivity contribution < 1.29 is 22.9 Å². The third-order valence-corrected chi connectivity index (χ3v) is 4.47. The van der Waals surface area contributed by atoms with E-state index in [-0.39, 0.29) is 22.5 Å². The third kappa shape index (κ3) is 3.71. The van der Waals surface area contributed by atoms with Gasteiger partial charge in [0.1, 0.15) is 11.5 Å². The molecule has 27 heavy (non-hydrogen) atoms. The third-order valence-electron chi connectivity index (χ3n) is 4.47. The lowest BCUT2D eigenvalue weighted by Crippen LogP contribution is -2.21. The Morgan fingerprint density at radius 2 is 1.67 bits per heavy atom. The molecule has 0 aliphatic carbocycles. The number of nitro groups is 1. The Labute approximate surface area is 152 Å². The number of rotatable bonds is 4. The number of anilines is 2. The molecular weight excluding hydrogens is 363 g/mol. The van der Waals surface area contributed by atoms with Crippen LogP contribution in [0.15, 0.2) is 24.3 Å². The van der Waals surface area contributed by atoms with Crippen LogP contribution in [-0.2, 0) is 0 Å². The van der Waals surface area contributed by atoms with E-state index in [4.69, 9.17) is 0 Å². The molecule has 0 spiro atoms. The largest absolute Gasteiger partial charge is 0.367 e. The number of nitro benzene ring substituents is 1. The van der Waals surface area contributed by atoms with Crippen LogP contribution in [0.5, 0.6) is 0 Å². The van der Waals surface area contributed by atoms with Gasteiger partial charge in [-0.1, -0.05) is 0 Å². The second kappa shape index (κ2) is 7.26. The minimum absolute atomic E-state index is 0.150. The van der Waals surface area contributed by atoms with Gasteiger partial charge < -0.3 is 10.2 Å². The lowest BCUT2D eigenvalue weighted by Gasteiger charge is -2.19. The van der Waals surface area contributed by atoms with Gasteiger partial charge in [0.05, 0.1) is 10.5 Å². The number of hydrogen-bond donors (Lipinski definition) is 1. The number of benzene rings is 2. The molecule has 0 atom stereocenters. The number of nitrogens with zero attached hydrogens (tertiary/aromatic N) is 2. The highest BCUT2D eigenvalue weighted by Gasteiger charge is 2.23. The van der Waals surface area contributed by atoms with Crippen molar-refractivity contribution in [1.29, 1.82) is 0 Å². The zero-order valence-corrected chi connectivity index (χ0v) is 14.4. The molecule has 0 radical (unpaired) electrons. The molecule has 6 nitrogen and oxygen atoms in total. The Morgan fingerprint density at radius 3 is 2.22 bits per heavy atom. The SMILES string of the molecule is Cc1c(F)cc(C(=O)Nc2cc(F)c(N3CCCC3)c(F)c2)cc1[N+](=O)[O-]. The maximum Gasteiger partial charge on any atom is 0.276 e. The molecule has 0 bridgehead atoms. The van der Waals surface area contributed by atoms with Crippen LogP contribution in [0, 0.1) is 34.5 Å². The molecule has 0 aromatic heterocycles. The number of hydrogen-bond acceptors (Lipinski definition) is 4. The smallest absolute Gasteiger partial charge is 0.276 e. The Balaban J connectivity index is 1.87. The van der Waals surface area contributed by atoms with Crippen molar-refractivity contribution >= 4 is 23.0 Å². The fourth-order valence-electron chi connectivity index (χ4n) is 3.07. The van der Waals surface area contributed by atoms with E-state index >= 15 is 0 Å². The lowest BCUT2D eigenvalue weighted by atomic mass is 10.1. The standard InChI is InChI=1S/C18H16F3N3O3/c1-10-13(19)6-11(7-16(10)24(26)27)18(25)22-12-8-14(20)17(15(21)9-12)23-4-2-3-5-23/h6-9H,2-5H2,1H3,(H,22,25). The molecule has 1 amide bonds. The number of halogens is 3. The molecule has 3 rings (SSSR count). The summed E-state index contributed by atoms with van der Waals surface area (Å²) in [6, 6.07) is 3.68. The zero-order valence-electron chi connectivity index (χ0n) is 14.4. The fraction of sp³-hybridized carbons (Fsp3) is 0.278. The summed E-state index contributed by atoms with van der Waals surface area (Å²) in [5, 5.41) is 13.2. The Bertz CT molecular complexity index is 905. The van der Waals surface area contributed by atoms with Crippen molar-refractivity contribution in [3.8, 4) is 0 Å². The van der Waals surface area contributed by atoms with Crippen LogP contribution in [0.25, 0.3) is 0 Å². The molecular formula is C18H16F3N3O3. The Kier molecular flexibility index (Phi) is 5.02. The van der Waals surface area contributed by atoms with Crippen molar-refractivity contribution in [2.45, 2.75) is 19.8 Å². The molecule has 0 unspecified atom stereocenters. The lowest BCUT2D eigenvalue weighted by molar-refractivity contribution is -0.385. The minimum atomic E-state index is -0.920. The van der Waals surface area contributed by atoms with Gasteiger partial charge >= 0.3 is 0 Å². The quantitative estimate of drug-likeness (QED) is 0.639. The highest BCUT2D eigenvalue weighted by Crippen LogP contribution is 2.30. The van der Waals surface area contributed by atoms with Crippen LogP contribution in [-0.4, -0.2) is 23.9 Å². The summed E-state index contributed by atoms with van der Waals surface area (Å²) in [6.45, 7) is 2.31. The Hall–Kier alpha value is -3.10.